The van der Waals surface area contributed by atoms with Crippen molar-refractivity contribution in [3.05, 3.63) is 62.7 Å². The van der Waals surface area contributed by atoms with Gasteiger partial charge in [-0.05, 0) is 18.2 Å². The van der Waals surface area contributed by atoms with Crippen LogP contribution in [0.5, 0.6) is 11.5 Å². The molecule has 1 N–H and O–H groups in total. The van der Waals surface area contributed by atoms with Gasteiger partial charge in [0.05, 0.1) is 23.0 Å². The molecule has 2 aromatic rings. The number of ether oxygens (including phenoxy) is 2. The summed E-state index contributed by atoms with van der Waals surface area (Å²) in [4.78, 5) is 32.5. The van der Waals surface area contributed by atoms with Crippen molar-refractivity contribution >= 4 is 23.0 Å². The fourth-order valence-electron chi connectivity index (χ4n) is 1.96. The number of nitrogens with zero attached hydrogens (tertiary/aromatic N) is 2. The molecule has 0 aliphatic rings. The second-order valence-corrected chi connectivity index (χ2v) is 4.70. The Balaban J connectivity index is 2.08. The van der Waals surface area contributed by atoms with Crippen molar-refractivity contribution in [3.8, 4) is 11.5 Å². The Kier molecular flexibility index (Phi) is 5.46. The van der Waals surface area contributed by atoms with Gasteiger partial charge < -0.3 is 14.8 Å². The molecule has 0 unspecified atom stereocenters. The van der Waals surface area contributed by atoms with E-state index in [4.69, 9.17) is 9.47 Å². The average molecular weight is 347 g/mol. The highest BCUT2D eigenvalue weighted by atomic mass is 16.6. The number of nitrogens with one attached hydrogen (secondary N) is 1. The van der Waals surface area contributed by atoms with Gasteiger partial charge in [0.2, 0.25) is 0 Å². The molecule has 0 aromatic heterocycles. The van der Waals surface area contributed by atoms with Gasteiger partial charge in [0.1, 0.15) is 11.4 Å². The Morgan fingerprint density at radius 2 is 1.76 bits per heavy atom. The van der Waals surface area contributed by atoms with Crippen LogP contribution in [0.2, 0.25) is 0 Å². The molecular formula is C15H13N3O7. The van der Waals surface area contributed by atoms with Crippen molar-refractivity contribution in [2.45, 2.75) is 0 Å². The van der Waals surface area contributed by atoms with Gasteiger partial charge in [0.15, 0.2) is 12.4 Å². The number of nitro groups is 2. The van der Waals surface area contributed by atoms with Crippen LogP contribution in [0.4, 0.5) is 17.1 Å². The van der Waals surface area contributed by atoms with E-state index in [2.05, 4.69) is 5.32 Å². The number of nitro benzene ring substituents is 2. The minimum absolute atomic E-state index is 0.00494. The summed E-state index contributed by atoms with van der Waals surface area (Å²) in [6, 6.07) is 9.51. The molecule has 2 aromatic carbocycles. The molecule has 2 rings (SSSR count). The largest absolute Gasteiger partial charge is 0.496 e. The second kappa shape index (κ2) is 7.73. The highest BCUT2D eigenvalue weighted by Gasteiger charge is 2.19. The topological polar surface area (TPSA) is 134 Å². The van der Waals surface area contributed by atoms with Crippen LogP contribution in [0.1, 0.15) is 0 Å². The zero-order chi connectivity index (χ0) is 18.4. The van der Waals surface area contributed by atoms with E-state index in [1.807, 2.05) is 0 Å². The van der Waals surface area contributed by atoms with Crippen molar-refractivity contribution < 1.29 is 24.1 Å². The number of hydrogen-bond donors (Lipinski definition) is 1. The number of rotatable bonds is 7. The van der Waals surface area contributed by atoms with Gasteiger partial charge >= 0.3 is 5.69 Å². The number of hydrogen-bond acceptors (Lipinski definition) is 7. The third-order valence-corrected chi connectivity index (χ3v) is 3.10. The lowest BCUT2D eigenvalue weighted by Gasteiger charge is -2.09. The van der Waals surface area contributed by atoms with Crippen LogP contribution in [-0.4, -0.2) is 29.5 Å². The molecule has 10 heteroatoms. The predicted molar refractivity (Wildman–Crippen MR) is 86.9 cm³/mol. The molecule has 0 fully saturated rings. The van der Waals surface area contributed by atoms with Crippen molar-refractivity contribution in [2.24, 2.45) is 0 Å². The average Bonchev–Trinajstić information content (AvgIpc) is 2.60. The van der Waals surface area contributed by atoms with Gasteiger partial charge in [-0.25, -0.2) is 0 Å². The Labute approximate surface area is 141 Å². The lowest BCUT2D eigenvalue weighted by molar-refractivity contribution is -0.385. The van der Waals surface area contributed by atoms with E-state index in [9.17, 15) is 25.0 Å². The first-order chi connectivity index (χ1) is 11.9. The van der Waals surface area contributed by atoms with Gasteiger partial charge in [-0.3, -0.25) is 25.0 Å². The number of para-hydroxylation sites is 2. The Morgan fingerprint density at radius 3 is 2.40 bits per heavy atom. The third kappa shape index (κ3) is 4.41. The normalized spacial score (nSPS) is 9.96. The van der Waals surface area contributed by atoms with E-state index in [0.717, 1.165) is 6.07 Å². The Hall–Kier alpha value is -3.69. The smallest absolute Gasteiger partial charge is 0.314 e. The zero-order valence-corrected chi connectivity index (χ0v) is 13.0. The highest BCUT2D eigenvalue weighted by molar-refractivity contribution is 5.94. The third-order valence-electron chi connectivity index (χ3n) is 3.10. The van der Waals surface area contributed by atoms with E-state index >= 15 is 0 Å². The fraction of sp³-hybridized carbons (Fsp3) is 0.133. The Bertz CT molecular complexity index is 823. The standard InChI is InChI=1S/C15H13N3O7/c1-24-10-6-7-14(13(8-10)18(22)23)25-9-15(19)16-11-4-2-3-5-12(11)17(20)21/h2-8H,9H2,1H3,(H,16,19). The molecule has 10 nitrogen and oxygen atoms in total. The number of carbonyl (C=O) groups excluding carboxylic acids is 1. The fourth-order valence-corrected chi connectivity index (χ4v) is 1.96. The summed E-state index contributed by atoms with van der Waals surface area (Å²) in [5.74, 6) is -0.550. The molecule has 1 amide bonds. The number of benzene rings is 2. The minimum atomic E-state index is -0.695. The second-order valence-electron chi connectivity index (χ2n) is 4.70. The summed E-state index contributed by atoms with van der Waals surface area (Å²) in [6.07, 6.45) is 0. The van der Waals surface area contributed by atoms with E-state index in [1.54, 1.807) is 0 Å². The zero-order valence-electron chi connectivity index (χ0n) is 13.0. The molecule has 0 spiro atoms. The van der Waals surface area contributed by atoms with Gasteiger partial charge in [-0.15, -0.1) is 0 Å². The summed E-state index contributed by atoms with van der Waals surface area (Å²) in [7, 11) is 1.36. The molecule has 0 bridgehead atoms. The Morgan fingerprint density at radius 1 is 1.08 bits per heavy atom. The van der Waals surface area contributed by atoms with Crippen LogP contribution in [-0.2, 0) is 4.79 Å². The maximum Gasteiger partial charge on any atom is 0.314 e. The number of anilines is 1. The van der Waals surface area contributed by atoms with Crippen molar-refractivity contribution in [1.82, 2.24) is 0 Å². The first kappa shape index (κ1) is 17.7. The number of amides is 1. The molecule has 130 valence electrons. The molecule has 0 atom stereocenters. The van der Waals surface area contributed by atoms with E-state index in [0.29, 0.717) is 0 Å². The summed E-state index contributed by atoms with van der Waals surface area (Å²) in [6.45, 7) is -0.556. The van der Waals surface area contributed by atoms with E-state index < -0.39 is 22.4 Å². The van der Waals surface area contributed by atoms with E-state index in [-0.39, 0.29) is 28.6 Å². The number of methoxy groups -OCH3 is 1. The molecule has 0 heterocycles. The summed E-state index contributed by atoms with van der Waals surface area (Å²) < 4.78 is 10.1. The maximum atomic E-state index is 11.9. The first-order valence-corrected chi connectivity index (χ1v) is 6.91. The molecule has 0 aliphatic carbocycles. The highest BCUT2D eigenvalue weighted by Crippen LogP contribution is 2.31. The van der Waals surface area contributed by atoms with Crippen LogP contribution in [0.15, 0.2) is 42.5 Å². The summed E-state index contributed by atoms with van der Waals surface area (Å²) in [5, 5.41) is 24.3. The van der Waals surface area contributed by atoms with Crippen molar-refractivity contribution in [3.63, 3.8) is 0 Å². The molecule has 0 radical (unpaired) electrons. The molecule has 0 saturated carbocycles. The lowest BCUT2D eigenvalue weighted by Crippen LogP contribution is -2.21. The van der Waals surface area contributed by atoms with Crippen LogP contribution >= 0.6 is 0 Å². The molecular weight excluding hydrogens is 334 g/mol. The quantitative estimate of drug-likeness (QED) is 0.600. The van der Waals surface area contributed by atoms with Gasteiger partial charge in [0, 0.05) is 6.07 Å². The van der Waals surface area contributed by atoms with Crippen molar-refractivity contribution in [1.29, 1.82) is 0 Å². The monoisotopic (exact) mass is 347 g/mol. The van der Waals surface area contributed by atoms with Crippen LogP contribution in [0.25, 0.3) is 0 Å². The van der Waals surface area contributed by atoms with Crippen LogP contribution in [0.3, 0.4) is 0 Å². The minimum Gasteiger partial charge on any atom is -0.496 e. The van der Waals surface area contributed by atoms with Gasteiger partial charge in [-0.1, -0.05) is 12.1 Å². The summed E-state index contributed by atoms with van der Waals surface area (Å²) in [5.41, 5.74) is -0.630. The van der Waals surface area contributed by atoms with E-state index in [1.165, 1.54) is 43.5 Å². The molecule has 0 aliphatic heterocycles. The van der Waals surface area contributed by atoms with Gasteiger partial charge in [-0.2, -0.15) is 0 Å². The molecule has 25 heavy (non-hydrogen) atoms. The van der Waals surface area contributed by atoms with Crippen LogP contribution < -0.4 is 14.8 Å². The predicted octanol–water partition coefficient (Wildman–Crippen LogP) is 2.53. The van der Waals surface area contributed by atoms with Gasteiger partial charge in [0.25, 0.3) is 11.6 Å². The number of carbonyl (C=O) groups is 1. The SMILES string of the molecule is COc1ccc(OCC(=O)Nc2ccccc2[N+](=O)[O-])c([N+](=O)[O-])c1. The first-order valence-electron chi connectivity index (χ1n) is 6.91. The maximum absolute atomic E-state index is 11.9. The van der Waals surface area contributed by atoms with Crippen molar-refractivity contribution in [2.75, 3.05) is 19.0 Å². The summed E-state index contributed by atoms with van der Waals surface area (Å²) >= 11 is 0. The molecule has 0 saturated heterocycles. The lowest BCUT2D eigenvalue weighted by atomic mass is 10.2. The van der Waals surface area contributed by atoms with Crippen LogP contribution in [0, 0.1) is 20.2 Å².